The highest BCUT2D eigenvalue weighted by atomic mass is 32.2. The van der Waals surface area contributed by atoms with Crippen LogP contribution in [0.25, 0.3) is 0 Å². The molecule has 20 heavy (non-hydrogen) atoms. The van der Waals surface area contributed by atoms with Crippen LogP contribution in [0.3, 0.4) is 0 Å². The molecule has 1 aromatic carbocycles. The Morgan fingerprint density at radius 1 is 1.20 bits per heavy atom. The van der Waals surface area contributed by atoms with Crippen LogP contribution < -0.4 is 10.0 Å². The molecule has 0 fully saturated rings. The van der Waals surface area contributed by atoms with Crippen LogP contribution in [-0.4, -0.2) is 38.9 Å². The van der Waals surface area contributed by atoms with Crippen molar-refractivity contribution in [2.24, 2.45) is 5.73 Å². The van der Waals surface area contributed by atoms with E-state index in [1.165, 1.54) is 8.61 Å². The molecule has 114 valence electrons. The highest BCUT2D eigenvalue weighted by Gasteiger charge is 2.28. The van der Waals surface area contributed by atoms with Crippen LogP contribution >= 0.6 is 0 Å². The summed E-state index contributed by atoms with van der Waals surface area (Å²) in [5.41, 5.74) is 7.30. The van der Waals surface area contributed by atoms with Crippen molar-refractivity contribution >= 4 is 15.9 Å². The number of hydrogen-bond donors (Lipinski definition) is 1. The number of benzene rings is 1. The topological polar surface area (TPSA) is 66.6 Å². The Bertz CT molecular complexity index is 512. The van der Waals surface area contributed by atoms with E-state index < -0.39 is 10.2 Å². The lowest BCUT2D eigenvalue weighted by Crippen LogP contribution is -2.45. The predicted octanol–water partition coefficient (Wildman–Crippen LogP) is 1.74. The Morgan fingerprint density at radius 3 is 2.20 bits per heavy atom. The third-order valence-corrected chi connectivity index (χ3v) is 5.36. The second-order valence-corrected chi connectivity index (χ2v) is 7.08. The minimum Gasteiger partial charge on any atom is -0.330 e. The fourth-order valence-electron chi connectivity index (χ4n) is 1.75. The number of hydrogen-bond acceptors (Lipinski definition) is 3. The Kier molecular flexibility index (Phi) is 5.98. The first-order valence-electron chi connectivity index (χ1n) is 6.83. The molecule has 0 unspecified atom stereocenters. The Balaban J connectivity index is 3.15. The van der Waals surface area contributed by atoms with Crippen LogP contribution in [0.5, 0.6) is 0 Å². The summed E-state index contributed by atoms with van der Waals surface area (Å²) >= 11 is 0. The molecule has 0 radical (unpaired) electrons. The molecule has 1 aromatic rings. The second-order valence-electron chi connectivity index (χ2n) is 5.17. The van der Waals surface area contributed by atoms with Gasteiger partial charge in [-0.2, -0.15) is 12.7 Å². The Labute approximate surface area is 122 Å². The third-order valence-electron chi connectivity index (χ3n) is 3.26. The maximum absolute atomic E-state index is 12.7. The molecule has 0 aliphatic rings. The monoisotopic (exact) mass is 299 g/mol. The largest absolute Gasteiger partial charge is 0.330 e. The lowest BCUT2D eigenvalue weighted by atomic mass is 10.2. The number of nitrogens with two attached hydrogens (primary N) is 1. The summed E-state index contributed by atoms with van der Waals surface area (Å²) in [5, 5.41) is 0. The van der Waals surface area contributed by atoms with Gasteiger partial charge in [0.15, 0.2) is 0 Å². The average molecular weight is 299 g/mol. The van der Waals surface area contributed by atoms with Gasteiger partial charge in [-0.25, -0.2) is 0 Å². The first-order valence-corrected chi connectivity index (χ1v) is 8.23. The van der Waals surface area contributed by atoms with Gasteiger partial charge in [0, 0.05) is 19.6 Å². The summed E-state index contributed by atoms with van der Waals surface area (Å²) in [7, 11) is -1.93. The maximum atomic E-state index is 12.7. The molecule has 1 rings (SSSR count). The standard InChI is InChI=1S/C14H25N3O2S/c1-12(2)16(4)20(18,19)17(11-5-10-15)14-8-6-13(3)7-9-14/h6-9,12H,5,10-11,15H2,1-4H3. The van der Waals surface area contributed by atoms with Crippen molar-refractivity contribution in [1.82, 2.24) is 4.31 Å². The lowest BCUT2D eigenvalue weighted by Gasteiger charge is -2.31. The predicted molar refractivity (Wildman–Crippen MR) is 84.0 cm³/mol. The fraction of sp³-hybridized carbons (Fsp3) is 0.571. The summed E-state index contributed by atoms with van der Waals surface area (Å²) in [6, 6.07) is 7.39. The lowest BCUT2D eigenvalue weighted by molar-refractivity contribution is 0.408. The Morgan fingerprint density at radius 2 is 1.75 bits per heavy atom. The van der Waals surface area contributed by atoms with Crippen molar-refractivity contribution in [2.75, 3.05) is 24.4 Å². The van der Waals surface area contributed by atoms with Gasteiger partial charge < -0.3 is 5.73 Å². The summed E-state index contributed by atoms with van der Waals surface area (Å²) in [6.07, 6.45) is 0.624. The van der Waals surface area contributed by atoms with Crippen molar-refractivity contribution in [3.8, 4) is 0 Å². The van der Waals surface area contributed by atoms with Crippen molar-refractivity contribution in [2.45, 2.75) is 33.2 Å². The van der Waals surface area contributed by atoms with Gasteiger partial charge in [-0.1, -0.05) is 17.7 Å². The number of nitrogens with zero attached hydrogens (tertiary/aromatic N) is 2. The smallest absolute Gasteiger partial charge is 0.304 e. The first-order chi connectivity index (χ1) is 9.30. The van der Waals surface area contributed by atoms with E-state index in [0.29, 0.717) is 25.2 Å². The fourth-order valence-corrected chi connectivity index (χ4v) is 3.34. The van der Waals surface area contributed by atoms with E-state index >= 15 is 0 Å². The second kappa shape index (κ2) is 7.06. The first kappa shape index (κ1) is 16.9. The summed E-state index contributed by atoms with van der Waals surface area (Å²) < 4.78 is 28.2. The zero-order chi connectivity index (χ0) is 15.3. The van der Waals surface area contributed by atoms with Crippen molar-refractivity contribution in [1.29, 1.82) is 0 Å². The summed E-state index contributed by atoms with van der Waals surface area (Å²) in [6.45, 7) is 6.53. The molecule has 5 nitrogen and oxygen atoms in total. The summed E-state index contributed by atoms with van der Waals surface area (Å²) in [4.78, 5) is 0. The van der Waals surface area contributed by atoms with Gasteiger partial charge >= 0.3 is 10.2 Å². The Hall–Kier alpha value is -1.11. The van der Waals surface area contributed by atoms with E-state index in [-0.39, 0.29) is 6.04 Å². The molecule has 0 aliphatic carbocycles. The molecule has 0 aromatic heterocycles. The highest BCUT2D eigenvalue weighted by Crippen LogP contribution is 2.21. The maximum Gasteiger partial charge on any atom is 0.304 e. The number of aryl methyl sites for hydroxylation is 1. The molecular formula is C14H25N3O2S. The molecule has 0 amide bonds. The zero-order valence-electron chi connectivity index (χ0n) is 12.7. The van der Waals surface area contributed by atoms with E-state index in [2.05, 4.69) is 0 Å². The van der Waals surface area contributed by atoms with Crippen LogP contribution in [0, 0.1) is 6.92 Å². The van der Waals surface area contributed by atoms with Crippen molar-refractivity contribution in [3.05, 3.63) is 29.8 Å². The molecule has 0 saturated carbocycles. The molecule has 0 saturated heterocycles. The van der Waals surface area contributed by atoms with Crippen LogP contribution in [0.15, 0.2) is 24.3 Å². The van der Waals surface area contributed by atoms with E-state index in [1.807, 2.05) is 45.0 Å². The quantitative estimate of drug-likeness (QED) is 0.834. The normalized spacial score (nSPS) is 12.2. The third kappa shape index (κ3) is 3.94. The van der Waals surface area contributed by atoms with Crippen LogP contribution in [0.4, 0.5) is 5.69 Å². The SMILES string of the molecule is Cc1ccc(N(CCCN)S(=O)(=O)N(C)C(C)C)cc1. The molecule has 6 heteroatoms. The van der Waals surface area contributed by atoms with Gasteiger partial charge in [-0.05, 0) is 45.9 Å². The van der Waals surface area contributed by atoms with Gasteiger partial charge in [0.25, 0.3) is 0 Å². The minimum atomic E-state index is -3.53. The minimum absolute atomic E-state index is 0.0918. The number of anilines is 1. The molecule has 0 heterocycles. The van der Waals surface area contributed by atoms with E-state index in [9.17, 15) is 8.42 Å². The molecule has 0 aliphatic heterocycles. The summed E-state index contributed by atoms with van der Waals surface area (Å²) in [5.74, 6) is 0. The van der Waals surface area contributed by atoms with Gasteiger partial charge in [-0.3, -0.25) is 4.31 Å². The van der Waals surface area contributed by atoms with Gasteiger partial charge in [0.05, 0.1) is 5.69 Å². The zero-order valence-corrected chi connectivity index (χ0v) is 13.5. The van der Waals surface area contributed by atoms with Crippen LogP contribution in [0.2, 0.25) is 0 Å². The average Bonchev–Trinajstić information content (AvgIpc) is 2.40. The van der Waals surface area contributed by atoms with Gasteiger partial charge in [-0.15, -0.1) is 0 Å². The van der Waals surface area contributed by atoms with Gasteiger partial charge in [0.2, 0.25) is 0 Å². The molecule has 0 spiro atoms. The van der Waals surface area contributed by atoms with Crippen molar-refractivity contribution in [3.63, 3.8) is 0 Å². The van der Waals surface area contributed by atoms with E-state index in [1.54, 1.807) is 7.05 Å². The molecular weight excluding hydrogens is 274 g/mol. The van der Waals surface area contributed by atoms with Crippen LogP contribution in [-0.2, 0) is 10.2 Å². The number of rotatable bonds is 7. The van der Waals surface area contributed by atoms with E-state index in [0.717, 1.165) is 5.56 Å². The van der Waals surface area contributed by atoms with Gasteiger partial charge in [0.1, 0.15) is 0 Å². The highest BCUT2D eigenvalue weighted by molar-refractivity contribution is 7.90. The molecule has 0 bridgehead atoms. The molecule has 2 N–H and O–H groups in total. The van der Waals surface area contributed by atoms with E-state index in [4.69, 9.17) is 5.73 Å². The molecule has 0 atom stereocenters. The van der Waals surface area contributed by atoms with Crippen molar-refractivity contribution < 1.29 is 8.42 Å². The van der Waals surface area contributed by atoms with Crippen LogP contribution in [0.1, 0.15) is 25.8 Å².